The number of para-hydroxylation sites is 1. The van der Waals surface area contributed by atoms with E-state index in [1.54, 1.807) is 0 Å². The first-order valence-corrected chi connectivity index (χ1v) is 3.49. The van der Waals surface area contributed by atoms with Gasteiger partial charge in [0.1, 0.15) is 0 Å². The summed E-state index contributed by atoms with van der Waals surface area (Å²) in [4.78, 5) is 0. The van der Waals surface area contributed by atoms with Crippen LogP contribution in [0.25, 0.3) is 0 Å². The molecule has 1 aromatic rings. The van der Waals surface area contributed by atoms with Crippen molar-refractivity contribution in [3.63, 3.8) is 0 Å². The van der Waals surface area contributed by atoms with E-state index in [1.807, 2.05) is 30.3 Å². The Morgan fingerprint density at radius 2 is 1.73 bits per heavy atom. The second-order valence-corrected chi connectivity index (χ2v) is 1.92. The molecule has 0 spiro atoms. The highest BCUT2D eigenvalue weighted by Gasteiger charge is 1.78. The summed E-state index contributed by atoms with van der Waals surface area (Å²) < 4.78 is 0. The topological polar surface area (TPSA) is 64.1 Å². The number of anilines is 1. The Balaban J connectivity index is 0.000000292. The molecular formula is C7H11N3S. The Hall–Kier alpha value is -1.13. The fraction of sp³-hybridized carbons (Fsp3) is 0. The number of hydrazine groups is 1. The lowest BCUT2D eigenvalue weighted by molar-refractivity contribution is 1.35. The Labute approximate surface area is 71.4 Å². The molecule has 0 saturated carbocycles. The van der Waals surface area contributed by atoms with Crippen molar-refractivity contribution in [2.75, 3.05) is 5.43 Å². The minimum atomic E-state index is 0.938. The van der Waals surface area contributed by atoms with Gasteiger partial charge in [0.15, 0.2) is 0 Å². The Bertz CT molecular complexity index is 188. The summed E-state index contributed by atoms with van der Waals surface area (Å²) >= 11 is 4.05. The monoisotopic (exact) mass is 169 g/mol. The van der Waals surface area contributed by atoms with Gasteiger partial charge in [-0.3, -0.25) is 5.84 Å². The molecule has 0 radical (unpaired) electrons. The molecule has 0 aliphatic rings. The molecule has 0 aliphatic heterocycles. The van der Waals surface area contributed by atoms with E-state index >= 15 is 0 Å². The summed E-state index contributed by atoms with van der Waals surface area (Å²) in [6.45, 7) is 0. The molecule has 0 aromatic heterocycles. The van der Waals surface area contributed by atoms with Crippen LogP contribution < -0.4 is 17.0 Å². The summed E-state index contributed by atoms with van der Waals surface area (Å²) in [5.74, 6) is 5.10. The molecule has 0 fully saturated rings. The van der Waals surface area contributed by atoms with E-state index in [4.69, 9.17) is 5.84 Å². The normalized spacial score (nSPS) is 7.36. The predicted octanol–water partition coefficient (Wildman–Crippen LogP) is 0.874. The van der Waals surface area contributed by atoms with Gasteiger partial charge in [-0.25, -0.2) is 0 Å². The van der Waals surface area contributed by atoms with Crippen LogP contribution in [0, 0.1) is 0 Å². The number of thiocarbonyl (C=S) groups is 1. The van der Waals surface area contributed by atoms with Crippen molar-refractivity contribution in [3.05, 3.63) is 30.3 Å². The van der Waals surface area contributed by atoms with Crippen molar-refractivity contribution in [1.82, 2.24) is 0 Å². The van der Waals surface area contributed by atoms with Crippen molar-refractivity contribution in [3.8, 4) is 0 Å². The quantitative estimate of drug-likeness (QED) is 0.332. The lowest BCUT2D eigenvalue weighted by Gasteiger charge is -1.94. The van der Waals surface area contributed by atoms with E-state index in [0.717, 1.165) is 11.2 Å². The highest BCUT2D eigenvalue weighted by molar-refractivity contribution is 7.78. The van der Waals surface area contributed by atoms with Gasteiger partial charge in [-0.15, -0.1) is 0 Å². The summed E-state index contributed by atoms with van der Waals surface area (Å²) in [5, 5.41) is 0. The number of nitrogen functional groups attached to an aromatic ring is 1. The van der Waals surface area contributed by atoms with Crippen molar-refractivity contribution in [2.45, 2.75) is 0 Å². The van der Waals surface area contributed by atoms with Crippen LogP contribution in [0.4, 0.5) is 5.69 Å². The standard InChI is InChI=1S/C6H8N2.CH3NS/c7-8-6-4-2-1-3-5-6;2-1-3/h1-5,8H,7H2;1H,(H2,2,3). The van der Waals surface area contributed by atoms with Crippen LogP contribution in [0.5, 0.6) is 0 Å². The third-order valence-electron chi connectivity index (χ3n) is 0.940. The first kappa shape index (κ1) is 9.87. The zero-order valence-electron chi connectivity index (χ0n) is 6.03. The third-order valence-corrected chi connectivity index (χ3v) is 0.940. The van der Waals surface area contributed by atoms with E-state index in [0.29, 0.717) is 0 Å². The lowest BCUT2D eigenvalue weighted by atomic mass is 10.3. The van der Waals surface area contributed by atoms with Crippen LogP contribution in [-0.4, -0.2) is 5.49 Å². The van der Waals surface area contributed by atoms with Gasteiger partial charge < -0.3 is 11.2 Å². The minimum absolute atomic E-state index is 0.938. The fourth-order valence-electron chi connectivity index (χ4n) is 0.534. The van der Waals surface area contributed by atoms with Crippen molar-refractivity contribution in [2.24, 2.45) is 11.6 Å². The molecule has 0 unspecified atom stereocenters. The van der Waals surface area contributed by atoms with Gasteiger partial charge in [-0.05, 0) is 12.1 Å². The predicted molar refractivity (Wildman–Crippen MR) is 52.1 cm³/mol. The molecule has 60 valence electrons. The van der Waals surface area contributed by atoms with Crippen LogP contribution >= 0.6 is 12.2 Å². The van der Waals surface area contributed by atoms with Gasteiger partial charge in [0, 0.05) is 5.69 Å². The second kappa shape index (κ2) is 6.98. The maximum Gasteiger partial charge on any atom is 0.0588 e. The molecule has 0 aliphatic carbocycles. The molecule has 0 amide bonds. The number of hydrogen-bond donors (Lipinski definition) is 3. The summed E-state index contributed by atoms with van der Waals surface area (Å²) in [7, 11) is 0. The Morgan fingerprint density at radius 3 is 2.00 bits per heavy atom. The highest BCUT2D eigenvalue weighted by atomic mass is 32.1. The molecule has 5 N–H and O–H groups in total. The number of nitrogens with one attached hydrogen (secondary N) is 1. The molecule has 0 saturated heterocycles. The van der Waals surface area contributed by atoms with E-state index in [-0.39, 0.29) is 0 Å². The molecule has 0 heterocycles. The first-order chi connectivity index (χ1) is 5.35. The number of rotatable bonds is 1. The van der Waals surface area contributed by atoms with Crippen LogP contribution in [0.1, 0.15) is 0 Å². The molecule has 0 bridgehead atoms. The fourth-order valence-corrected chi connectivity index (χ4v) is 0.534. The third kappa shape index (κ3) is 5.32. The van der Waals surface area contributed by atoms with Crippen molar-refractivity contribution < 1.29 is 0 Å². The molecule has 0 atom stereocenters. The molecular weight excluding hydrogens is 158 g/mol. The van der Waals surface area contributed by atoms with Crippen LogP contribution in [0.3, 0.4) is 0 Å². The molecule has 1 rings (SSSR count). The number of nitrogens with two attached hydrogens (primary N) is 2. The zero-order chi connectivity index (χ0) is 8.53. The largest absolute Gasteiger partial charge is 0.396 e. The minimum Gasteiger partial charge on any atom is -0.396 e. The van der Waals surface area contributed by atoms with Crippen LogP contribution in [-0.2, 0) is 0 Å². The number of hydrogen-bond acceptors (Lipinski definition) is 3. The van der Waals surface area contributed by atoms with Gasteiger partial charge in [0.2, 0.25) is 0 Å². The van der Waals surface area contributed by atoms with Gasteiger partial charge >= 0.3 is 0 Å². The first-order valence-electron chi connectivity index (χ1n) is 3.02. The molecule has 4 heteroatoms. The average molecular weight is 169 g/mol. The van der Waals surface area contributed by atoms with E-state index in [2.05, 4.69) is 23.4 Å². The summed E-state index contributed by atoms with van der Waals surface area (Å²) in [5.41, 5.74) is 9.08. The van der Waals surface area contributed by atoms with E-state index < -0.39 is 0 Å². The molecule has 11 heavy (non-hydrogen) atoms. The zero-order valence-corrected chi connectivity index (χ0v) is 6.84. The summed E-state index contributed by atoms with van der Waals surface area (Å²) in [6.07, 6.45) is 0. The van der Waals surface area contributed by atoms with Crippen molar-refractivity contribution in [1.29, 1.82) is 0 Å². The highest BCUT2D eigenvalue weighted by Crippen LogP contribution is 2.00. The number of benzene rings is 1. The summed E-state index contributed by atoms with van der Waals surface area (Å²) in [6, 6.07) is 9.60. The van der Waals surface area contributed by atoms with E-state index in [1.165, 1.54) is 0 Å². The van der Waals surface area contributed by atoms with Crippen LogP contribution in [0.15, 0.2) is 30.3 Å². The maximum atomic E-state index is 5.10. The lowest BCUT2D eigenvalue weighted by Crippen LogP contribution is -2.05. The molecule has 1 aromatic carbocycles. The average Bonchev–Trinajstić information content (AvgIpc) is 2.08. The smallest absolute Gasteiger partial charge is 0.0588 e. The van der Waals surface area contributed by atoms with Crippen LogP contribution in [0.2, 0.25) is 0 Å². The van der Waals surface area contributed by atoms with Gasteiger partial charge in [-0.1, -0.05) is 30.4 Å². The Morgan fingerprint density at radius 1 is 1.27 bits per heavy atom. The molecule has 3 nitrogen and oxygen atoms in total. The van der Waals surface area contributed by atoms with Gasteiger partial charge in [0.05, 0.1) is 5.49 Å². The van der Waals surface area contributed by atoms with E-state index in [9.17, 15) is 0 Å². The van der Waals surface area contributed by atoms with Gasteiger partial charge in [0.25, 0.3) is 0 Å². The second-order valence-electron chi connectivity index (χ2n) is 1.65. The maximum absolute atomic E-state index is 5.10. The Kier molecular flexibility index (Phi) is 6.27. The SMILES string of the molecule is NC=S.NNc1ccccc1. The van der Waals surface area contributed by atoms with Gasteiger partial charge in [-0.2, -0.15) is 0 Å². The van der Waals surface area contributed by atoms with Crippen molar-refractivity contribution >= 4 is 23.4 Å².